The number of aromatic nitrogens is 1. The van der Waals surface area contributed by atoms with Crippen LogP contribution in [0, 0.1) is 0 Å². The zero-order valence-electron chi connectivity index (χ0n) is 15.4. The van der Waals surface area contributed by atoms with Gasteiger partial charge in [0.1, 0.15) is 5.75 Å². The molecule has 0 unspecified atom stereocenters. The van der Waals surface area contributed by atoms with Gasteiger partial charge in [0.25, 0.3) is 0 Å². The molecule has 0 amide bonds. The van der Waals surface area contributed by atoms with Crippen molar-refractivity contribution in [3.8, 4) is 22.8 Å². The fourth-order valence-electron chi connectivity index (χ4n) is 2.38. The van der Waals surface area contributed by atoms with Crippen molar-refractivity contribution in [1.29, 1.82) is 0 Å². The Labute approximate surface area is 177 Å². The summed E-state index contributed by atoms with van der Waals surface area (Å²) in [6.07, 6.45) is 2.52. The summed E-state index contributed by atoms with van der Waals surface area (Å²) >= 11 is 14.0. The number of methoxy groups -OCH3 is 1. The molecule has 0 atom stereocenters. The summed E-state index contributed by atoms with van der Waals surface area (Å²) < 4.78 is 10.7. The second-order valence-corrected chi connectivity index (χ2v) is 7.47. The van der Waals surface area contributed by atoms with Crippen LogP contribution in [0.15, 0.2) is 46.9 Å². The third-order valence-electron chi connectivity index (χ3n) is 3.73. The van der Waals surface area contributed by atoms with Gasteiger partial charge in [-0.25, -0.2) is 4.98 Å². The highest BCUT2D eigenvalue weighted by atomic mass is 35.5. The first-order valence-corrected chi connectivity index (χ1v) is 10.2. The fourth-order valence-corrected chi connectivity index (χ4v) is 3.66. The summed E-state index contributed by atoms with van der Waals surface area (Å²) in [5.41, 5.74) is 5.57. The van der Waals surface area contributed by atoms with Crippen LogP contribution in [-0.2, 0) is 0 Å². The Morgan fingerprint density at radius 2 is 1.89 bits per heavy atom. The number of anilines is 1. The first-order chi connectivity index (χ1) is 13.6. The molecule has 2 aromatic carbocycles. The molecule has 0 aliphatic heterocycles. The molecule has 0 saturated carbocycles. The number of ether oxygens (including phenoxy) is 2. The van der Waals surface area contributed by atoms with E-state index in [4.69, 9.17) is 32.7 Å². The van der Waals surface area contributed by atoms with Crippen LogP contribution in [0.2, 0.25) is 10.0 Å². The van der Waals surface area contributed by atoms with Gasteiger partial charge in [-0.15, -0.1) is 11.3 Å². The Balaban J connectivity index is 1.65. The molecule has 0 aliphatic rings. The predicted molar refractivity (Wildman–Crippen MR) is 118 cm³/mol. The highest BCUT2D eigenvalue weighted by molar-refractivity contribution is 7.14. The largest absolute Gasteiger partial charge is 0.497 e. The van der Waals surface area contributed by atoms with Crippen LogP contribution in [0.25, 0.3) is 11.3 Å². The topological polar surface area (TPSA) is 55.7 Å². The number of nitrogens with one attached hydrogen (secondary N) is 1. The molecule has 0 fully saturated rings. The highest BCUT2D eigenvalue weighted by Gasteiger charge is 2.09. The molecule has 0 saturated heterocycles. The first kappa shape index (κ1) is 20.5. The van der Waals surface area contributed by atoms with E-state index in [-0.39, 0.29) is 0 Å². The SMILES string of the molecule is CCCOc1c(Cl)cc(/C=N\Nc2nc(-c3ccc(OC)cc3)cs2)cc1Cl. The molecule has 0 aliphatic carbocycles. The molecule has 0 radical (unpaired) electrons. The van der Waals surface area contributed by atoms with Crippen molar-refractivity contribution in [1.82, 2.24) is 4.98 Å². The maximum absolute atomic E-state index is 6.25. The molecule has 3 aromatic rings. The minimum atomic E-state index is 0.457. The lowest BCUT2D eigenvalue weighted by atomic mass is 10.2. The standard InChI is InChI=1S/C20H19Cl2N3O2S/c1-3-8-27-19-16(21)9-13(10-17(19)22)11-23-25-20-24-18(12-28-20)14-4-6-15(26-2)7-5-14/h4-7,9-12H,3,8H2,1-2H3,(H,24,25)/b23-11-. The third kappa shape index (κ3) is 5.16. The molecular formula is C20H19Cl2N3O2S. The number of hydrogen-bond donors (Lipinski definition) is 1. The van der Waals surface area contributed by atoms with Gasteiger partial charge < -0.3 is 9.47 Å². The van der Waals surface area contributed by atoms with Crippen molar-refractivity contribution in [2.24, 2.45) is 5.10 Å². The van der Waals surface area contributed by atoms with E-state index in [0.717, 1.165) is 29.0 Å². The lowest BCUT2D eigenvalue weighted by Gasteiger charge is -2.09. The smallest absolute Gasteiger partial charge is 0.203 e. The monoisotopic (exact) mass is 435 g/mol. The molecule has 28 heavy (non-hydrogen) atoms. The van der Waals surface area contributed by atoms with Crippen LogP contribution in [-0.4, -0.2) is 24.9 Å². The lowest BCUT2D eigenvalue weighted by molar-refractivity contribution is 0.318. The number of hydrogen-bond acceptors (Lipinski definition) is 6. The van der Waals surface area contributed by atoms with E-state index in [0.29, 0.717) is 27.5 Å². The number of nitrogens with zero attached hydrogens (tertiary/aromatic N) is 2. The Bertz CT molecular complexity index is 935. The summed E-state index contributed by atoms with van der Waals surface area (Å²) in [4.78, 5) is 4.53. The van der Waals surface area contributed by atoms with Crippen molar-refractivity contribution in [2.45, 2.75) is 13.3 Å². The molecule has 8 heteroatoms. The molecule has 0 spiro atoms. The van der Waals surface area contributed by atoms with Crippen molar-refractivity contribution >= 4 is 45.9 Å². The number of halogens is 2. The van der Waals surface area contributed by atoms with Crippen molar-refractivity contribution < 1.29 is 9.47 Å². The normalized spacial score (nSPS) is 11.0. The van der Waals surface area contributed by atoms with Crippen LogP contribution in [0.5, 0.6) is 11.5 Å². The maximum Gasteiger partial charge on any atom is 0.203 e. The van der Waals surface area contributed by atoms with Crippen LogP contribution >= 0.6 is 34.5 Å². The Morgan fingerprint density at radius 1 is 1.18 bits per heavy atom. The van der Waals surface area contributed by atoms with Crippen molar-refractivity contribution in [3.05, 3.63) is 57.4 Å². The van der Waals surface area contributed by atoms with Gasteiger partial charge in [0, 0.05) is 10.9 Å². The van der Waals surface area contributed by atoms with Crippen molar-refractivity contribution in [2.75, 3.05) is 19.1 Å². The summed E-state index contributed by atoms with van der Waals surface area (Å²) in [6, 6.07) is 11.3. The fraction of sp³-hybridized carbons (Fsp3) is 0.200. The van der Waals surface area contributed by atoms with E-state index in [2.05, 4.69) is 15.5 Å². The first-order valence-electron chi connectivity index (χ1n) is 8.61. The summed E-state index contributed by atoms with van der Waals surface area (Å²) in [6.45, 7) is 2.59. The Hall–Kier alpha value is -2.28. The molecular weight excluding hydrogens is 417 g/mol. The van der Waals surface area contributed by atoms with Gasteiger partial charge in [-0.1, -0.05) is 30.1 Å². The second-order valence-electron chi connectivity index (χ2n) is 5.80. The lowest BCUT2D eigenvalue weighted by Crippen LogP contribution is -1.97. The number of benzene rings is 2. The highest BCUT2D eigenvalue weighted by Crippen LogP contribution is 2.34. The van der Waals surface area contributed by atoms with E-state index >= 15 is 0 Å². The summed E-state index contributed by atoms with van der Waals surface area (Å²) in [5.74, 6) is 1.31. The summed E-state index contributed by atoms with van der Waals surface area (Å²) in [7, 11) is 1.64. The Kier molecular flexibility index (Phi) is 7.14. The van der Waals surface area contributed by atoms with Gasteiger partial charge in [0.05, 0.1) is 35.7 Å². The second kappa shape index (κ2) is 9.78. The van der Waals surface area contributed by atoms with E-state index in [9.17, 15) is 0 Å². The van der Waals surface area contributed by atoms with Crippen LogP contribution in [0.3, 0.4) is 0 Å². The zero-order valence-corrected chi connectivity index (χ0v) is 17.7. The quantitative estimate of drug-likeness (QED) is 0.330. The van der Waals surface area contributed by atoms with Crippen LogP contribution in [0.4, 0.5) is 5.13 Å². The minimum Gasteiger partial charge on any atom is -0.497 e. The van der Waals surface area contributed by atoms with Gasteiger partial charge in [0.15, 0.2) is 5.75 Å². The number of rotatable bonds is 8. The van der Waals surface area contributed by atoms with Crippen LogP contribution in [0.1, 0.15) is 18.9 Å². The molecule has 1 heterocycles. The number of hydrazone groups is 1. The van der Waals surface area contributed by atoms with Crippen LogP contribution < -0.4 is 14.9 Å². The van der Waals surface area contributed by atoms with Gasteiger partial charge in [-0.3, -0.25) is 5.43 Å². The minimum absolute atomic E-state index is 0.457. The zero-order chi connectivity index (χ0) is 19.9. The van der Waals surface area contributed by atoms with E-state index in [1.807, 2.05) is 36.6 Å². The van der Waals surface area contributed by atoms with Gasteiger partial charge in [-0.2, -0.15) is 5.10 Å². The van der Waals surface area contributed by atoms with E-state index in [1.54, 1.807) is 25.5 Å². The molecule has 1 aromatic heterocycles. The maximum atomic E-state index is 6.25. The number of thiazole rings is 1. The van der Waals surface area contributed by atoms with Crippen molar-refractivity contribution in [3.63, 3.8) is 0 Å². The average molecular weight is 436 g/mol. The molecule has 3 rings (SSSR count). The predicted octanol–water partition coefficient (Wildman–Crippen LogP) is 6.36. The van der Waals surface area contributed by atoms with E-state index in [1.165, 1.54) is 11.3 Å². The molecule has 0 bridgehead atoms. The average Bonchev–Trinajstić information content (AvgIpc) is 3.16. The summed E-state index contributed by atoms with van der Waals surface area (Å²) in [5, 5.41) is 7.78. The molecule has 5 nitrogen and oxygen atoms in total. The van der Waals surface area contributed by atoms with Gasteiger partial charge >= 0.3 is 0 Å². The van der Waals surface area contributed by atoms with Gasteiger partial charge in [-0.05, 0) is 48.4 Å². The Morgan fingerprint density at radius 3 is 2.54 bits per heavy atom. The molecule has 146 valence electrons. The molecule has 1 N–H and O–H groups in total. The van der Waals surface area contributed by atoms with Gasteiger partial charge in [0.2, 0.25) is 5.13 Å². The van der Waals surface area contributed by atoms with E-state index < -0.39 is 0 Å². The third-order valence-corrected chi connectivity index (χ3v) is 5.04.